The van der Waals surface area contributed by atoms with Crippen molar-refractivity contribution in [3.63, 3.8) is 0 Å². The predicted molar refractivity (Wildman–Crippen MR) is 96.4 cm³/mol. The third-order valence-corrected chi connectivity index (χ3v) is 4.54. The lowest BCUT2D eigenvalue weighted by Crippen LogP contribution is -2.31. The van der Waals surface area contributed by atoms with E-state index in [0.29, 0.717) is 0 Å². The fourth-order valence-corrected chi connectivity index (χ4v) is 3.09. The van der Waals surface area contributed by atoms with Gasteiger partial charge in [0.25, 0.3) is 0 Å². The molecule has 0 spiro atoms. The fourth-order valence-electron chi connectivity index (χ4n) is 3.09. The van der Waals surface area contributed by atoms with Crippen molar-refractivity contribution in [1.82, 2.24) is 4.90 Å². The SMILES string of the molecule is Cc1ccccc1C(C#N)(CCc1ccccc1)CCN(C)C. The van der Waals surface area contributed by atoms with Crippen LogP contribution in [0, 0.1) is 18.3 Å². The highest BCUT2D eigenvalue weighted by Gasteiger charge is 2.33. The molecular formula is C21H26N2. The summed E-state index contributed by atoms with van der Waals surface area (Å²) in [5.41, 5.74) is 3.26. The van der Waals surface area contributed by atoms with Crippen LogP contribution in [0.3, 0.4) is 0 Å². The second kappa shape index (κ2) is 7.94. The highest BCUT2D eigenvalue weighted by atomic mass is 15.0. The first-order valence-corrected chi connectivity index (χ1v) is 8.23. The molecule has 0 aliphatic carbocycles. The molecule has 2 heteroatoms. The van der Waals surface area contributed by atoms with E-state index in [0.717, 1.165) is 25.8 Å². The third kappa shape index (κ3) is 4.43. The van der Waals surface area contributed by atoms with Crippen LogP contribution in [0.1, 0.15) is 29.5 Å². The van der Waals surface area contributed by atoms with Gasteiger partial charge >= 0.3 is 0 Å². The minimum atomic E-state index is -0.425. The van der Waals surface area contributed by atoms with Gasteiger partial charge in [0.1, 0.15) is 0 Å². The van der Waals surface area contributed by atoms with Crippen LogP contribution in [0.15, 0.2) is 54.6 Å². The lowest BCUT2D eigenvalue weighted by molar-refractivity contribution is 0.342. The maximum absolute atomic E-state index is 10.1. The molecule has 2 rings (SSSR count). The zero-order valence-electron chi connectivity index (χ0n) is 14.4. The Hall–Kier alpha value is -2.11. The van der Waals surface area contributed by atoms with Crippen molar-refractivity contribution < 1.29 is 0 Å². The second-order valence-corrected chi connectivity index (χ2v) is 6.55. The van der Waals surface area contributed by atoms with Crippen molar-refractivity contribution in [3.8, 4) is 6.07 Å². The Morgan fingerprint density at radius 3 is 2.22 bits per heavy atom. The molecule has 1 unspecified atom stereocenters. The van der Waals surface area contributed by atoms with E-state index in [9.17, 15) is 5.26 Å². The molecule has 0 amide bonds. The van der Waals surface area contributed by atoms with Gasteiger partial charge in [-0.3, -0.25) is 0 Å². The van der Waals surface area contributed by atoms with Crippen LogP contribution in [0.4, 0.5) is 0 Å². The highest BCUT2D eigenvalue weighted by Crippen LogP contribution is 2.35. The first-order chi connectivity index (χ1) is 11.1. The molecule has 0 aromatic heterocycles. The van der Waals surface area contributed by atoms with Crippen molar-refractivity contribution in [2.45, 2.75) is 31.6 Å². The van der Waals surface area contributed by atoms with E-state index in [4.69, 9.17) is 0 Å². The summed E-state index contributed by atoms with van der Waals surface area (Å²) in [6, 6.07) is 21.5. The van der Waals surface area contributed by atoms with E-state index in [1.807, 2.05) is 18.2 Å². The van der Waals surface area contributed by atoms with Crippen LogP contribution >= 0.6 is 0 Å². The molecule has 0 aliphatic rings. The molecule has 0 radical (unpaired) electrons. The third-order valence-electron chi connectivity index (χ3n) is 4.54. The molecule has 0 fully saturated rings. The van der Waals surface area contributed by atoms with E-state index < -0.39 is 5.41 Å². The molecule has 0 saturated carbocycles. The Balaban J connectivity index is 2.30. The Bertz CT molecular complexity index is 655. The summed E-state index contributed by atoms with van der Waals surface area (Å²) in [7, 11) is 4.13. The average Bonchev–Trinajstić information content (AvgIpc) is 2.57. The zero-order valence-corrected chi connectivity index (χ0v) is 14.4. The van der Waals surface area contributed by atoms with Gasteiger partial charge in [-0.15, -0.1) is 0 Å². The first-order valence-electron chi connectivity index (χ1n) is 8.23. The summed E-state index contributed by atoms with van der Waals surface area (Å²) in [5.74, 6) is 0. The molecule has 120 valence electrons. The Kier molecular flexibility index (Phi) is 5.96. The molecule has 2 nitrogen and oxygen atoms in total. The molecule has 0 saturated heterocycles. The topological polar surface area (TPSA) is 27.0 Å². The molecule has 0 heterocycles. The van der Waals surface area contributed by atoms with Gasteiger partial charge in [0.05, 0.1) is 11.5 Å². The summed E-state index contributed by atoms with van der Waals surface area (Å²) in [6.45, 7) is 3.02. The maximum Gasteiger partial charge on any atom is 0.0840 e. The van der Waals surface area contributed by atoms with Crippen LogP contribution in [-0.2, 0) is 11.8 Å². The van der Waals surface area contributed by atoms with Gasteiger partial charge in [-0.1, -0.05) is 54.6 Å². The zero-order chi connectivity index (χ0) is 16.7. The van der Waals surface area contributed by atoms with Crippen LogP contribution in [0.25, 0.3) is 0 Å². The van der Waals surface area contributed by atoms with Crippen molar-refractivity contribution >= 4 is 0 Å². The standard InChI is InChI=1S/C21H26N2/c1-18-9-7-8-12-20(18)21(17-22,15-16-23(2)3)14-13-19-10-5-4-6-11-19/h4-12H,13-16H2,1-3H3. The van der Waals surface area contributed by atoms with Gasteiger partial charge in [0.15, 0.2) is 0 Å². The number of nitriles is 1. The molecule has 2 aromatic rings. The minimum Gasteiger partial charge on any atom is -0.309 e. The summed E-state index contributed by atoms with van der Waals surface area (Å²) < 4.78 is 0. The number of benzene rings is 2. The van der Waals surface area contributed by atoms with Crippen LogP contribution in [-0.4, -0.2) is 25.5 Å². The normalized spacial score (nSPS) is 13.5. The molecule has 2 aromatic carbocycles. The quantitative estimate of drug-likeness (QED) is 0.761. The van der Waals surface area contributed by atoms with Crippen molar-refractivity contribution in [2.75, 3.05) is 20.6 Å². The molecule has 0 aliphatic heterocycles. The smallest absolute Gasteiger partial charge is 0.0840 e. The lowest BCUT2D eigenvalue weighted by Gasteiger charge is -2.30. The summed E-state index contributed by atoms with van der Waals surface area (Å²) in [4.78, 5) is 2.16. The molecular weight excluding hydrogens is 280 g/mol. The van der Waals surface area contributed by atoms with Crippen molar-refractivity contribution in [1.29, 1.82) is 5.26 Å². The first kappa shape index (κ1) is 17.2. The number of aryl methyl sites for hydroxylation is 2. The van der Waals surface area contributed by atoms with Gasteiger partial charge in [-0.2, -0.15) is 5.26 Å². The van der Waals surface area contributed by atoms with E-state index in [1.54, 1.807) is 0 Å². The minimum absolute atomic E-state index is 0.425. The van der Waals surface area contributed by atoms with Gasteiger partial charge in [-0.05, 0) is 63.5 Å². The van der Waals surface area contributed by atoms with E-state index >= 15 is 0 Å². The molecule has 0 bridgehead atoms. The largest absolute Gasteiger partial charge is 0.309 e. The summed E-state index contributed by atoms with van der Waals surface area (Å²) in [6.07, 6.45) is 2.64. The van der Waals surface area contributed by atoms with E-state index in [2.05, 4.69) is 68.4 Å². The van der Waals surface area contributed by atoms with Crippen LogP contribution in [0.5, 0.6) is 0 Å². The fraction of sp³-hybridized carbons (Fsp3) is 0.381. The molecule has 23 heavy (non-hydrogen) atoms. The lowest BCUT2D eigenvalue weighted by atomic mass is 9.73. The van der Waals surface area contributed by atoms with Crippen LogP contribution < -0.4 is 0 Å². The number of nitrogens with zero attached hydrogens (tertiary/aromatic N) is 2. The number of hydrogen-bond acceptors (Lipinski definition) is 2. The van der Waals surface area contributed by atoms with Gasteiger partial charge in [0, 0.05) is 0 Å². The van der Waals surface area contributed by atoms with Crippen molar-refractivity contribution in [2.24, 2.45) is 0 Å². The Labute approximate surface area is 140 Å². The van der Waals surface area contributed by atoms with E-state index in [-0.39, 0.29) is 0 Å². The summed E-state index contributed by atoms with van der Waals surface area (Å²) >= 11 is 0. The van der Waals surface area contributed by atoms with Gasteiger partial charge < -0.3 is 4.90 Å². The molecule has 1 atom stereocenters. The van der Waals surface area contributed by atoms with Crippen LogP contribution in [0.2, 0.25) is 0 Å². The Morgan fingerprint density at radius 1 is 0.957 bits per heavy atom. The Morgan fingerprint density at radius 2 is 1.61 bits per heavy atom. The number of rotatable bonds is 7. The predicted octanol–water partition coefficient (Wildman–Crippen LogP) is 4.34. The van der Waals surface area contributed by atoms with Gasteiger partial charge in [0.2, 0.25) is 0 Å². The summed E-state index contributed by atoms with van der Waals surface area (Å²) in [5, 5.41) is 10.1. The van der Waals surface area contributed by atoms with Crippen molar-refractivity contribution in [3.05, 3.63) is 71.3 Å². The second-order valence-electron chi connectivity index (χ2n) is 6.55. The monoisotopic (exact) mass is 306 g/mol. The average molecular weight is 306 g/mol. The van der Waals surface area contributed by atoms with E-state index in [1.165, 1.54) is 16.7 Å². The number of hydrogen-bond donors (Lipinski definition) is 0. The molecule has 0 N–H and O–H groups in total. The maximum atomic E-state index is 10.1. The van der Waals surface area contributed by atoms with Gasteiger partial charge in [-0.25, -0.2) is 0 Å². The highest BCUT2D eigenvalue weighted by molar-refractivity contribution is 5.39.